The third-order valence-corrected chi connectivity index (χ3v) is 3.59. The first-order valence-corrected chi connectivity index (χ1v) is 7.75. The predicted octanol–water partition coefficient (Wildman–Crippen LogP) is 1.67. The zero-order valence-electron chi connectivity index (χ0n) is 13.5. The summed E-state index contributed by atoms with van der Waals surface area (Å²) in [5.41, 5.74) is 5.90. The van der Waals surface area contributed by atoms with Crippen LogP contribution in [0.15, 0.2) is 18.2 Å². The number of hydrogen-bond acceptors (Lipinski definition) is 5. The molecule has 2 N–H and O–H groups in total. The highest BCUT2D eigenvalue weighted by atomic mass is 19.1. The zero-order valence-corrected chi connectivity index (χ0v) is 13.5. The number of rotatable bonds is 8. The Morgan fingerprint density at radius 2 is 2.13 bits per heavy atom. The summed E-state index contributed by atoms with van der Waals surface area (Å²) in [5, 5.41) is 0. The Morgan fingerprint density at radius 3 is 2.74 bits per heavy atom. The minimum absolute atomic E-state index is 0.112. The van der Waals surface area contributed by atoms with Gasteiger partial charge in [0.1, 0.15) is 18.2 Å². The maximum absolute atomic E-state index is 13.7. The lowest BCUT2D eigenvalue weighted by atomic mass is 10.1. The summed E-state index contributed by atoms with van der Waals surface area (Å²) in [6.45, 7) is 5.39. The van der Waals surface area contributed by atoms with Crippen molar-refractivity contribution >= 4 is 11.6 Å². The maximum atomic E-state index is 13.7. The van der Waals surface area contributed by atoms with E-state index in [2.05, 4.69) is 0 Å². The molecule has 1 aromatic carbocycles. The standard InChI is InChI=1S/C16H23FN2O4/c1-3-21-16(22-4-2)9-19-12(8-15(18)20)10-23-14-6-5-11(17)7-13(14)19/h5-7,12,16H,3-4,8-10H2,1-2H3,(H2,18,20). The number of ether oxygens (including phenoxy) is 3. The van der Waals surface area contributed by atoms with Crippen LogP contribution in [0.4, 0.5) is 10.1 Å². The summed E-state index contributed by atoms with van der Waals surface area (Å²) >= 11 is 0. The van der Waals surface area contributed by atoms with Gasteiger partial charge >= 0.3 is 0 Å². The molecule has 1 atom stereocenters. The van der Waals surface area contributed by atoms with Crippen LogP contribution in [-0.4, -0.2) is 44.6 Å². The first kappa shape index (κ1) is 17.5. The molecule has 1 aliphatic rings. The molecule has 7 heteroatoms. The van der Waals surface area contributed by atoms with Crippen LogP contribution < -0.4 is 15.4 Å². The highest BCUT2D eigenvalue weighted by Crippen LogP contribution is 2.35. The van der Waals surface area contributed by atoms with Crippen molar-refractivity contribution in [3.63, 3.8) is 0 Å². The molecule has 128 valence electrons. The third kappa shape index (κ3) is 4.56. The van der Waals surface area contributed by atoms with Gasteiger partial charge in [-0.25, -0.2) is 4.39 Å². The van der Waals surface area contributed by atoms with Gasteiger partial charge < -0.3 is 24.8 Å². The minimum Gasteiger partial charge on any atom is -0.489 e. The molecule has 1 aromatic rings. The van der Waals surface area contributed by atoms with Crippen molar-refractivity contribution in [1.29, 1.82) is 0 Å². The van der Waals surface area contributed by atoms with E-state index in [4.69, 9.17) is 19.9 Å². The molecule has 1 heterocycles. The van der Waals surface area contributed by atoms with E-state index in [1.807, 2.05) is 18.7 Å². The fourth-order valence-electron chi connectivity index (χ4n) is 2.64. The van der Waals surface area contributed by atoms with Gasteiger partial charge in [0.15, 0.2) is 6.29 Å². The number of fused-ring (bicyclic) bond motifs is 1. The average Bonchev–Trinajstić information content (AvgIpc) is 2.49. The van der Waals surface area contributed by atoms with Crippen molar-refractivity contribution in [2.75, 3.05) is 31.3 Å². The van der Waals surface area contributed by atoms with Crippen molar-refractivity contribution in [1.82, 2.24) is 0 Å². The van der Waals surface area contributed by atoms with Crippen LogP contribution in [0.3, 0.4) is 0 Å². The highest BCUT2D eigenvalue weighted by molar-refractivity contribution is 5.75. The molecule has 6 nitrogen and oxygen atoms in total. The van der Waals surface area contributed by atoms with Gasteiger partial charge in [-0.1, -0.05) is 0 Å². The van der Waals surface area contributed by atoms with E-state index in [-0.39, 0.29) is 18.3 Å². The molecular formula is C16H23FN2O4. The van der Waals surface area contributed by atoms with E-state index >= 15 is 0 Å². The van der Waals surface area contributed by atoms with Gasteiger partial charge in [0.2, 0.25) is 5.91 Å². The number of hydrogen-bond donors (Lipinski definition) is 1. The van der Waals surface area contributed by atoms with Gasteiger partial charge in [0.25, 0.3) is 0 Å². The summed E-state index contributed by atoms with van der Waals surface area (Å²) in [6.07, 6.45) is -0.365. The smallest absolute Gasteiger partial charge is 0.219 e. The maximum Gasteiger partial charge on any atom is 0.219 e. The topological polar surface area (TPSA) is 74.0 Å². The lowest BCUT2D eigenvalue weighted by molar-refractivity contribution is -0.131. The van der Waals surface area contributed by atoms with Crippen molar-refractivity contribution in [3.8, 4) is 5.75 Å². The molecule has 0 saturated heterocycles. The number of carbonyl (C=O) groups excluding carboxylic acids is 1. The predicted molar refractivity (Wildman–Crippen MR) is 83.9 cm³/mol. The van der Waals surface area contributed by atoms with E-state index in [0.29, 0.717) is 37.8 Å². The molecule has 0 radical (unpaired) electrons. The quantitative estimate of drug-likeness (QED) is 0.736. The van der Waals surface area contributed by atoms with E-state index in [1.54, 1.807) is 6.07 Å². The Labute approximate surface area is 135 Å². The van der Waals surface area contributed by atoms with E-state index in [9.17, 15) is 9.18 Å². The molecule has 0 fully saturated rings. The fraction of sp³-hybridized carbons (Fsp3) is 0.562. The Morgan fingerprint density at radius 1 is 1.43 bits per heavy atom. The largest absolute Gasteiger partial charge is 0.489 e. The van der Waals surface area contributed by atoms with Gasteiger partial charge in [0, 0.05) is 19.3 Å². The Hall–Kier alpha value is -1.86. The van der Waals surface area contributed by atoms with Gasteiger partial charge in [-0.3, -0.25) is 4.79 Å². The van der Waals surface area contributed by atoms with E-state index in [0.717, 1.165) is 0 Å². The van der Waals surface area contributed by atoms with Gasteiger partial charge in [-0.05, 0) is 26.0 Å². The lowest BCUT2D eigenvalue weighted by Gasteiger charge is -2.39. The zero-order chi connectivity index (χ0) is 16.8. The number of amides is 1. The van der Waals surface area contributed by atoms with Crippen LogP contribution in [0.2, 0.25) is 0 Å². The van der Waals surface area contributed by atoms with Gasteiger partial charge in [-0.15, -0.1) is 0 Å². The van der Waals surface area contributed by atoms with Gasteiger partial charge in [-0.2, -0.15) is 0 Å². The summed E-state index contributed by atoms with van der Waals surface area (Å²) in [5.74, 6) is -0.242. The molecule has 1 unspecified atom stereocenters. The number of primary amides is 1. The fourth-order valence-corrected chi connectivity index (χ4v) is 2.64. The molecule has 0 aliphatic carbocycles. The van der Waals surface area contributed by atoms with Crippen molar-refractivity contribution in [3.05, 3.63) is 24.0 Å². The van der Waals surface area contributed by atoms with Gasteiger partial charge in [0.05, 0.1) is 24.7 Å². The van der Waals surface area contributed by atoms with E-state index in [1.165, 1.54) is 12.1 Å². The first-order valence-electron chi connectivity index (χ1n) is 7.75. The summed E-state index contributed by atoms with van der Waals surface area (Å²) in [6, 6.07) is 4.02. The van der Waals surface area contributed by atoms with Crippen molar-refractivity contribution < 1.29 is 23.4 Å². The number of nitrogens with two attached hydrogens (primary N) is 1. The number of benzene rings is 1. The SMILES string of the molecule is CCOC(CN1c2cc(F)ccc2OCC1CC(N)=O)OCC. The van der Waals surface area contributed by atoms with Crippen LogP contribution in [0.5, 0.6) is 5.75 Å². The average molecular weight is 326 g/mol. The highest BCUT2D eigenvalue weighted by Gasteiger charge is 2.31. The molecular weight excluding hydrogens is 303 g/mol. The normalized spacial score (nSPS) is 17.0. The second-order valence-corrected chi connectivity index (χ2v) is 5.24. The summed E-state index contributed by atoms with van der Waals surface area (Å²) < 4.78 is 30.4. The molecule has 0 bridgehead atoms. The van der Waals surface area contributed by atoms with Crippen LogP contribution >= 0.6 is 0 Å². The Balaban J connectivity index is 2.27. The van der Waals surface area contributed by atoms with Crippen LogP contribution in [0.1, 0.15) is 20.3 Å². The second kappa shape index (κ2) is 8.12. The molecule has 23 heavy (non-hydrogen) atoms. The number of nitrogens with zero attached hydrogens (tertiary/aromatic N) is 1. The monoisotopic (exact) mass is 326 g/mol. The van der Waals surface area contributed by atoms with Crippen LogP contribution in [0.25, 0.3) is 0 Å². The summed E-state index contributed by atoms with van der Waals surface area (Å²) in [7, 11) is 0. The molecule has 2 rings (SSSR count). The molecule has 0 saturated carbocycles. The second-order valence-electron chi connectivity index (χ2n) is 5.24. The van der Waals surface area contributed by atoms with Crippen molar-refractivity contribution in [2.24, 2.45) is 5.73 Å². The van der Waals surface area contributed by atoms with Crippen LogP contribution in [-0.2, 0) is 14.3 Å². The lowest BCUT2D eigenvalue weighted by Crippen LogP contribution is -2.49. The summed E-state index contributed by atoms with van der Waals surface area (Å²) in [4.78, 5) is 13.2. The number of halogens is 1. The first-order chi connectivity index (χ1) is 11.0. The number of carbonyl (C=O) groups is 1. The van der Waals surface area contributed by atoms with E-state index < -0.39 is 12.2 Å². The molecule has 0 aromatic heterocycles. The van der Waals surface area contributed by atoms with Crippen LogP contribution in [0, 0.1) is 5.82 Å². The third-order valence-electron chi connectivity index (χ3n) is 3.59. The molecule has 0 spiro atoms. The Kier molecular flexibility index (Phi) is 6.18. The minimum atomic E-state index is -0.477. The molecule has 1 aliphatic heterocycles. The molecule has 1 amide bonds. The number of anilines is 1. The van der Waals surface area contributed by atoms with Crippen molar-refractivity contribution in [2.45, 2.75) is 32.6 Å². The Bertz CT molecular complexity index is 535.